The lowest BCUT2D eigenvalue weighted by molar-refractivity contribution is 0.461. The molecule has 0 aliphatic heterocycles. The molecule has 120 valence electrons. The number of nitrogens with one attached hydrogen (secondary N) is 2. The lowest BCUT2D eigenvalue weighted by atomic mass is 10.4. The van der Waals surface area contributed by atoms with Crippen molar-refractivity contribution in [1.29, 1.82) is 0 Å². The van der Waals surface area contributed by atoms with Gasteiger partial charge in [-0.05, 0) is 48.0 Å². The van der Waals surface area contributed by atoms with Gasteiger partial charge in [-0.1, -0.05) is 6.92 Å². The summed E-state index contributed by atoms with van der Waals surface area (Å²) in [5.41, 5.74) is 0. The van der Waals surface area contributed by atoms with Crippen LogP contribution in [-0.2, 0) is 16.6 Å². The van der Waals surface area contributed by atoms with Crippen LogP contribution < -0.4 is 10.0 Å². The summed E-state index contributed by atoms with van der Waals surface area (Å²) in [6, 6.07) is 1.58. The van der Waals surface area contributed by atoms with Gasteiger partial charge < -0.3 is 9.73 Å². The standard InChI is InChI=1S/C13H21BrN2O3S2/c1-3-6-15-8-10-7-11(12(14)19-10)21(17,18)16-9-13(20-2)4-5-13/h7,15-16H,3-6,8-9H2,1-2H3. The van der Waals surface area contributed by atoms with Crippen molar-refractivity contribution in [2.75, 3.05) is 19.3 Å². The SMILES string of the molecule is CCCNCc1cc(S(=O)(=O)NCC2(SC)CC2)c(Br)o1. The van der Waals surface area contributed by atoms with Gasteiger partial charge in [0.2, 0.25) is 10.0 Å². The Bertz CT molecular complexity index is 582. The highest BCUT2D eigenvalue weighted by atomic mass is 79.9. The number of rotatable bonds is 9. The van der Waals surface area contributed by atoms with Crippen LogP contribution in [0.3, 0.4) is 0 Å². The highest BCUT2D eigenvalue weighted by Gasteiger charge is 2.42. The molecule has 1 aliphatic carbocycles. The second-order valence-corrected chi connectivity index (χ2v) is 8.97. The molecule has 1 heterocycles. The van der Waals surface area contributed by atoms with Crippen molar-refractivity contribution in [3.8, 4) is 0 Å². The van der Waals surface area contributed by atoms with Crippen molar-refractivity contribution in [2.45, 2.75) is 42.4 Å². The van der Waals surface area contributed by atoms with E-state index in [4.69, 9.17) is 4.42 Å². The van der Waals surface area contributed by atoms with Crippen LogP contribution in [0.15, 0.2) is 20.0 Å². The fourth-order valence-electron chi connectivity index (χ4n) is 1.95. The molecule has 0 saturated heterocycles. The Morgan fingerprint density at radius 3 is 2.76 bits per heavy atom. The highest BCUT2D eigenvalue weighted by Crippen LogP contribution is 2.46. The summed E-state index contributed by atoms with van der Waals surface area (Å²) >= 11 is 4.92. The second-order valence-electron chi connectivity index (χ2n) is 5.24. The predicted molar refractivity (Wildman–Crippen MR) is 89.1 cm³/mol. The first-order chi connectivity index (χ1) is 9.92. The Balaban J connectivity index is 2.02. The van der Waals surface area contributed by atoms with Gasteiger partial charge in [0.1, 0.15) is 10.7 Å². The van der Waals surface area contributed by atoms with Crippen LogP contribution in [0.5, 0.6) is 0 Å². The average molecular weight is 397 g/mol. The van der Waals surface area contributed by atoms with Gasteiger partial charge in [-0.3, -0.25) is 0 Å². The summed E-state index contributed by atoms with van der Waals surface area (Å²) in [5.74, 6) is 0.613. The molecule has 0 unspecified atom stereocenters. The van der Waals surface area contributed by atoms with Crippen molar-refractivity contribution in [3.05, 3.63) is 16.5 Å². The van der Waals surface area contributed by atoms with Crippen molar-refractivity contribution in [3.63, 3.8) is 0 Å². The van der Waals surface area contributed by atoms with E-state index < -0.39 is 10.0 Å². The first-order valence-corrected chi connectivity index (χ1v) is 10.5. The predicted octanol–water partition coefficient (Wildman–Crippen LogP) is 2.72. The van der Waals surface area contributed by atoms with Crippen molar-refractivity contribution in [1.82, 2.24) is 10.0 Å². The zero-order valence-electron chi connectivity index (χ0n) is 12.2. The zero-order valence-corrected chi connectivity index (χ0v) is 15.5. The number of hydrogen-bond acceptors (Lipinski definition) is 5. The summed E-state index contributed by atoms with van der Waals surface area (Å²) in [4.78, 5) is 0.174. The largest absolute Gasteiger partial charge is 0.452 e. The van der Waals surface area contributed by atoms with Gasteiger partial charge >= 0.3 is 0 Å². The van der Waals surface area contributed by atoms with E-state index >= 15 is 0 Å². The first kappa shape index (κ1) is 17.3. The lowest BCUT2D eigenvalue weighted by Crippen LogP contribution is -2.31. The van der Waals surface area contributed by atoms with Gasteiger partial charge in [0.15, 0.2) is 4.67 Å². The fraction of sp³-hybridized carbons (Fsp3) is 0.692. The molecule has 0 radical (unpaired) electrons. The molecule has 0 bridgehead atoms. The van der Waals surface area contributed by atoms with Crippen molar-refractivity contribution >= 4 is 37.7 Å². The minimum atomic E-state index is -3.54. The van der Waals surface area contributed by atoms with E-state index in [2.05, 4.69) is 32.9 Å². The average Bonchev–Trinajstić information content (AvgIpc) is 3.14. The fourth-order valence-corrected chi connectivity index (χ4v) is 4.89. The molecule has 1 aromatic rings. The topological polar surface area (TPSA) is 71.3 Å². The van der Waals surface area contributed by atoms with Crippen LogP contribution in [0, 0.1) is 0 Å². The molecule has 2 N–H and O–H groups in total. The summed E-state index contributed by atoms with van der Waals surface area (Å²) < 4.78 is 33.2. The smallest absolute Gasteiger partial charge is 0.245 e. The van der Waals surface area contributed by atoms with E-state index in [9.17, 15) is 8.42 Å². The van der Waals surface area contributed by atoms with E-state index in [0.717, 1.165) is 25.8 Å². The lowest BCUT2D eigenvalue weighted by Gasteiger charge is -2.12. The van der Waals surface area contributed by atoms with Crippen LogP contribution in [0.4, 0.5) is 0 Å². The van der Waals surface area contributed by atoms with Crippen molar-refractivity contribution in [2.24, 2.45) is 0 Å². The summed E-state index contributed by atoms with van der Waals surface area (Å²) in [5, 5.41) is 3.19. The maximum Gasteiger partial charge on any atom is 0.245 e. The second kappa shape index (κ2) is 7.04. The maximum absolute atomic E-state index is 12.4. The van der Waals surface area contributed by atoms with E-state index in [0.29, 0.717) is 18.8 Å². The molecular weight excluding hydrogens is 376 g/mol. The van der Waals surface area contributed by atoms with Gasteiger partial charge in [-0.2, -0.15) is 11.8 Å². The van der Waals surface area contributed by atoms with Gasteiger partial charge in [-0.15, -0.1) is 0 Å². The van der Waals surface area contributed by atoms with E-state index in [1.807, 2.05) is 6.26 Å². The monoisotopic (exact) mass is 396 g/mol. The summed E-state index contributed by atoms with van der Waals surface area (Å²) in [6.45, 7) is 3.94. The third-order valence-electron chi connectivity index (χ3n) is 3.55. The minimum Gasteiger partial charge on any atom is -0.452 e. The van der Waals surface area contributed by atoms with Gasteiger partial charge in [-0.25, -0.2) is 13.1 Å². The number of halogens is 1. The molecule has 8 heteroatoms. The molecule has 1 fully saturated rings. The molecule has 5 nitrogen and oxygen atoms in total. The number of furan rings is 1. The van der Waals surface area contributed by atoms with Gasteiger partial charge in [0, 0.05) is 17.4 Å². The first-order valence-electron chi connectivity index (χ1n) is 6.96. The molecular formula is C13H21BrN2O3S2. The number of sulfonamides is 1. The third kappa shape index (κ3) is 4.48. The van der Waals surface area contributed by atoms with Crippen LogP contribution in [-0.4, -0.2) is 32.5 Å². The molecule has 0 aromatic carbocycles. The van der Waals surface area contributed by atoms with E-state index in [-0.39, 0.29) is 14.3 Å². The Kier molecular flexibility index (Phi) is 5.81. The van der Waals surface area contributed by atoms with Gasteiger partial charge in [0.25, 0.3) is 0 Å². The summed E-state index contributed by atoms with van der Waals surface area (Å²) in [7, 11) is -3.54. The molecule has 1 aliphatic rings. The normalized spacial score (nSPS) is 17.1. The number of thioether (sulfide) groups is 1. The molecule has 0 atom stereocenters. The minimum absolute atomic E-state index is 0.0921. The Morgan fingerprint density at radius 2 is 2.19 bits per heavy atom. The molecule has 0 spiro atoms. The zero-order chi connectivity index (χ0) is 15.5. The molecule has 0 amide bonds. The molecule has 1 aromatic heterocycles. The Hall–Kier alpha value is -0.0200. The van der Waals surface area contributed by atoms with Crippen LogP contribution in [0.1, 0.15) is 31.9 Å². The maximum atomic E-state index is 12.4. The molecule has 1 saturated carbocycles. The Morgan fingerprint density at radius 1 is 1.48 bits per heavy atom. The van der Waals surface area contributed by atoms with E-state index in [1.54, 1.807) is 17.8 Å². The number of hydrogen-bond donors (Lipinski definition) is 2. The van der Waals surface area contributed by atoms with Crippen LogP contribution in [0.2, 0.25) is 0 Å². The Labute approximate surface area is 138 Å². The highest BCUT2D eigenvalue weighted by molar-refractivity contribution is 9.10. The van der Waals surface area contributed by atoms with Crippen molar-refractivity contribution < 1.29 is 12.8 Å². The van der Waals surface area contributed by atoms with Gasteiger partial charge in [0.05, 0.1) is 6.54 Å². The molecule has 2 rings (SSSR count). The molecule has 21 heavy (non-hydrogen) atoms. The van der Waals surface area contributed by atoms with E-state index in [1.165, 1.54) is 0 Å². The van der Waals surface area contributed by atoms with Crippen LogP contribution >= 0.6 is 27.7 Å². The van der Waals surface area contributed by atoms with Crippen LogP contribution in [0.25, 0.3) is 0 Å². The quantitative estimate of drug-likeness (QED) is 0.627. The summed E-state index contributed by atoms with van der Waals surface area (Å²) in [6.07, 6.45) is 5.17. The third-order valence-corrected chi connectivity index (χ3v) is 7.22.